The third-order valence-corrected chi connectivity index (χ3v) is 8.58. The summed E-state index contributed by atoms with van der Waals surface area (Å²) in [5.74, 6) is 0. The van der Waals surface area contributed by atoms with Gasteiger partial charge in [-0.15, -0.1) is 0 Å². The number of aromatic nitrogens is 2. The van der Waals surface area contributed by atoms with Crippen molar-refractivity contribution in [2.45, 2.75) is 56.6 Å². The lowest BCUT2D eigenvalue weighted by Crippen LogP contribution is -2.51. The number of aryl methyl sites for hydroxylation is 1. The van der Waals surface area contributed by atoms with Gasteiger partial charge in [0, 0.05) is 37.5 Å². The number of halogens is 1. The van der Waals surface area contributed by atoms with Crippen molar-refractivity contribution in [1.29, 1.82) is 5.26 Å². The van der Waals surface area contributed by atoms with Crippen LogP contribution in [-0.2, 0) is 14.8 Å². The molecule has 4 rings (SSSR count). The highest BCUT2D eigenvalue weighted by atomic mass is 79.9. The maximum absolute atomic E-state index is 13.2. The van der Waals surface area contributed by atoms with E-state index in [-0.39, 0.29) is 10.5 Å². The van der Waals surface area contributed by atoms with E-state index in [1.807, 2.05) is 27.7 Å². The first-order valence-electron chi connectivity index (χ1n) is 11.5. The van der Waals surface area contributed by atoms with Gasteiger partial charge in [0.25, 0.3) is 10.0 Å². The molecule has 0 saturated carbocycles. The number of carbonyl (C=O) groups is 1. The van der Waals surface area contributed by atoms with Gasteiger partial charge in [-0.05, 0) is 61.8 Å². The number of benzene rings is 1. The molecule has 1 aliphatic rings. The number of hydrogen-bond acceptors (Lipinski definition) is 7. The zero-order valence-corrected chi connectivity index (χ0v) is 23.0. The largest absolute Gasteiger partial charge is 0.444 e. The van der Waals surface area contributed by atoms with E-state index < -0.39 is 27.3 Å². The second-order valence-corrected chi connectivity index (χ2v) is 12.5. The number of likely N-dealkylation sites (tertiary alicyclic amines) is 1. The molecule has 1 amide bonds. The zero-order valence-electron chi connectivity index (χ0n) is 20.6. The van der Waals surface area contributed by atoms with Gasteiger partial charge in [0.15, 0.2) is 5.65 Å². The number of carbonyl (C=O) groups excluding carboxylic acids is 1. The summed E-state index contributed by atoms with van der Waals surface area (Å²) in [6.45, 7) is 8.08. The number of nitrogens with one attached hydrogen (secondary N) is 1. The number of nitrogens with zero attached hydrogens (tertiary/aromatic N) is 4. The van der Waals surface area contributed by atoms with E-state index in [2.05, 4.69) is 32.3 Å². The van der Waals surface area contributed by atoms with Crippen LogP contribution in [0.3, 0.4) is 0 Å². The molecule has 11 heteroatoms. The molecule has 1 saturated heterocycles. The molecule has 0 aliphatic carbocycles. The average molecular weight is 575 g/mol. The number of anilines is 1. The summed E-state index contributed by atoms with van der Waals surface area (Å²) >= 11 is 3.57. The van der Waals surface area contributed by atoms with Crippen LogP contribution in [0.25, 0.3) is 11.0 Å². The standard InChI is InChI=1S/C25H28BrN5O4S/c1-17-5-7-18(8-6-17)36(33,34)31-12-9-19-21(26)20(15-28-22(19)31)29-25(16-27)10-13-30(14-11-25)23(32)35-24(2,3)4/h5-9,12,15,29H,10-11,13-14H2,1-4H3. The third-order valence-electron chi connectivity index (χ3n) is 6.05. The molecule has 36 heavy (non-hydrogen) atoms. The Labute approximate surface area is 219 Å². The van der Waals surface area contributed by atoms with E-state index in [1.165, 1.54) is 12.4 Å². The minimum absolute atomic E-state index is 0.172. The monoisotopic (exact) mass is 573 g/mol. The second kappa shape index (κ2) is 9.41. The molecule has 0 atom stereocenters. The van der Waals surface area contributed by atoms with Crippen molar-refractivity contribution in [1.82, 2.24) is 13.9 Å². The topological polar surface area (TPSA) is 117 Å². The zero-order chi connectivity index (χ0) is 26.3. The Morgan fingerprint density at radius 1 is 1.19 bits per heavy atom. The van der Waals surface area contributed by atoms with Crippen LogP contribution < -0.4 is 5.32 Å². The van der Waals surface area contributed by atoms with Crippen molar-refractivity contribution < 1.29 is 17.9 Å². The van der Waals surface area contributed by atoms with Crippen molar-refractivity contribution in [3.63, 3.8) is 0 Å². The summed E-state index contributed by atoms with van der Waals surface area (Å²) < 4.78 is 33.6. The smallest absolute Gasteiger partial charge is 0.410 e. The number of nitriles is 1. The Morgan fingerprint density at radius 2 is 1.83 bits per heavy atom. The number of hydrogen-bond donors (Lipinski definition) is 1. The lowest BCUT2D eigenvalue weighted by molar-refractivity contribution is 0.0194. The van der Waals surface area contributed by atoms with Gasteiger partial charge in [-0.25, -0.2) is 22.2 Å². The van der Waals surface area contributed by atoms with Crippen LogP contribution in [0.1, 0.15) is 39.2 Å². The number of fused-ring (bicyclic) bond motifs is 1. The Bertz CT molecular complexity index is 1440. The van der Waals surface area contributed by atoms with Crippen LogP contribution in [0.5, 0.6) is 0 Å². The molecular formula is C25H28BrN5O4S. The number of piperidine rings is 1. The molecule has 3 aromatic rings. The summed E-state index contributed by atoms with van der Waals surface area (Å²) in [4.78, 5) is 18.6. The van der Waals surface area contributed by atoms with E-state index in [0.29, 0.717) is 41.5 Å². The Balaban J connectivity index is 1.57. The number of rotatable bonds is 4. The first-order chi connectivity index (χ1) is 16.8. The van der Waals surface area contributed by atoms with Gasteiger partial charge in [0.2, 0.25) is 0 Å². The number of amides is 1. The molecule has 0 spiro atoms. The van der Waals surface area contributed by atoms with Crippen molar-refractivity contribution in [3.8, 4) is 6.07 Å². The predicted octanol–water partition coefficient (Wildman–Crippen LogP) is 5.05. The van der Waals surface area contributed by atoms with Gasteiger partial charge >= 0.3 is 6.09 Å². The van der Waals surface area contributed by atoms with Crippen molar-refractivity contribution in [2.24, 2.45) is 0 Å². The fraction of sp³-hybridized carbons (Fsp3) is 0.400. The molecule has 3 heterocycles. The first kappa shape index (κ1) is 26.0. The highest BCUT2D eigenvalue weighted by Gasteiger charge is 2.38. The van der Waals surface area contributed by atoms with Gasteiger partial charge in [0.1, 0.15) is 11.1 Å². The summed E-state index contributed by atoms with van der Waals surface area (Å²) in [7, 11) is -3.83. The van der Waals surface area contributed by atoms with Crippen molar-refractivity contribution >= 4 is 48.8 Å². The van der Waals surface area contributed by atoms with Crippen LogP contribution in [-0.4, -0.2) is 52.6 Å². The molecule has 1 fully saturated rings. The minimum atomic E-state index is -3.83. The molecule has 1 N–H and O–H groups in total. The summed E-state index contributed by atoms with van der Waals surface area (Å²) in [5.41, 5.74) is 0.312. The fourth-order valence-electron chi connectivity index (χ4n) is 4.06. The Morgan fingerprint density at radius 3 is 2.42 bits per heavy atom. The molecule has 190 valence electrons. The van der Waals surface area contributed by atoms with Gasteiger partial charge in [-0.1, -0.05) is 17.7 Å². The lowest BCUT2D eigenvalue weighted by Gasteiger charge is -2.38. The molecule has 0 bridgehead atoms. The van der Waals surface area contributed by atoms with Crippen LogP contribution in [0.2, 0.25) is 0 Å². The van der Waals surface area contributed by atoms with Gasteiger partial charge in [-0.3, -0.25) is 0 Å². The quantitative estimate of drug-likeness (QED) is 0.464. The minimum Gasteiger partial charge on any atom is -0.444 e. The highest BCUT2D eigenvalue weighted by molar-refractivity contribution is 9.10. The normalized spacial score (nSPS) is 15.9. The molecule has 2 aromatic heterocycles. The predicted molar refractivity (Wildman–Crippen MR) is 140 cm³/mol. The van der Waals surface area contributed by atoms with E-state index in [0.717, 1.165) is 9.54 Å². The summed E-state index contributed by atoms with van der Waals surface area (Å²) in [6, 6.07) is 10.7. The van der Waals surface area contributed by atoms with E-state index in [1.54, 1.807) is 35.2 Å². The van der Waals surface area contributed by atoms with Crippen LogP contribution >= 0.6 is 15.9 Å². The molecule has 9 nitrogen and oxygen atoms in total. The van der Waals surface area contributed by atoms with Crippen molar-refractivity contribution in [3.05, 3.63) is 52.8 Å². The Kier molecular flexibility index (Phi) is 6.79. The molecular weight excluding hydrogens is 546 g/mol. The van der Waals surface area contributed by atoms with E-state index in [4.69, 9.17) is 4.74 Å². The maximum Gasteiger partial charge on any atom is 0.410 e. The van der Waals surface area contributed by atoms with Gasteiger partial charge in [-0.2, -0.15) is 5.26 Å². The average Bonchev–Trinajstić information content (AvgIpc) is 3.26. The van der Waals surface area contributed by atoms with Gasteiger partial charge < -0.3 is 15.0 Å². The molecule has 0 radical (unpaired) electrons. The number of pyridine rings is 1. The second-order valence-electron chi connectivity index (χ2n) is 9.94. The maximum atomic E-state index is 13.2. The lowest BCUT2D eigenvalue weighted by atomic mass is 9.89. The first-order valence-corrected chi connectivity index (χ1v) is 13.7. The summed E-state index contributed by atoms with van der Waals surface area (Å²) in [5, 5.41) is 13.9. The fourth-order valence-corrected chi connectivity index (χ4v) is 5.87. The Hall–Kier alpha value is -3.10. The van der Waals surface area contributed by atoms with Gasteiger partial charge in [0.05, 0.1) is 27.3 Å². The van der Waals surface area contributed by atoms with Crippen LogP contribution in [0.15, 0.2) is 52.1 Å². The van der Waals surface area contributed by atoms with Crippen LogP contribution in [0, 0.1) is 18.3 Å². The van der Waals surface area contributed by atoms with Crippen molar-refractivity contribution in [2.75, 3.05) is 18.4 Å². The van der Waals surface area contributed by atoms with Crippen LogP contribution in [0.4, 0.5) is 10.5 Å². The number of ether oxygens (including phenoxy) is 1. The molecule has 0 unspecified atom stereocenters. The molecule has 1 aliphatic heterocycles. The van der Waals surface area contributed by atoms with E-state index >= 15 is 0 Å². The molecule has 1 aromatic carbocycles. The van der Waals surface area contributed by atoms with E-state index in [9.17, 15) is 18.5 Å². The highest BCUT2D eigenvalue weighted by Crippen LogP contribution is 2.36. The third kappa shape index (κ3) is 5.06. The summed E-state index contributed by atoms with van der Waals surface area (Å²) in [6.07, 6.45) is 3.40. The SMILES string of the molecule is Cc1ccc(S(=O)(=O)n2ccc3c(Br)c(NC4(C#N)CCN(C(=O)OC(C)(C)C)CC4)cnc32)cc1.